The molecule has 0 aliphatic heterocycles. The molecule has 1 N–H and O–H groups in total. The summed E-state index contributed by atoms with van der Waals surface area (Å²) < 4.78 is 33.8. The van der Waals surface area contributed by atoms with E-state index < -0.39 is 27.6 Å². The number of aromatic nitrogens is 4. The molecule has 31 heavy (non-hydrogen) atoms. The molecule has 2 aliphatic carbocycles. The van der Waals surface area contributed by atoms with E-state index in [0.717, 1.165) is 18.4 Å². The molecule has 172 valence electrons. The number of methoxy groups -OCH3 is 1. The fourth-order valence-electron chi connectivity index (χ4n) is 3.84. The van der Waals surface area contributed by atoms with Gasteiger partial charge in [0.1, 0.15) is 21.2 Å². The van der Waals surface area contributed by atoms with Crippen molar-refractivity contribution in [1.29, 1.82) is 0 Å². The van der Waals surface area contributed by atoms with Gasteiger partial charge in [-0.05, 0) is 57.2 Å². The van der Waals surface area contributed by atoms with Crippen LogP contribution in [0.1, 0.15) is 52.4 Å². The second-order valence-electron chi connectivity index (χ2n) is 9.20. The van der Waals surface area contributed by atoms with Gasteiger partial charge in [-0.2, -0.15) is 4.80 Å². The highest BCUT2D eigenvalue weighted by atomic mass is 32.2. The molecule has 1 aromatic rings. The smallest absolute Gasteiger partial charge is 0.408 e. The van der Waals surface area contributed by atoms with Crippen LogP contribution in [0.15, 0.2) is 23.0 Å². The molecule has 1 amide bonds. The van der Waals surface area contributed by atoms with Gasteiger partial charge in [-0.15, -0.1) is 10.2 Å². The number of rotatable bonds is 8. The Labute approximate surface area is 183 Å². The second kappa shape index (κ2) is 8.60. The molecule has 0 aromatic carbocycles. The number of amides is 1. The molecule has 10 nitrogen and oxygen atoms in total. The molecule has 0 bridgehead atoms. The third kappa shape index (κ3) is 6.28. The summed E-state index contributed by atoms with van der Waals surface area (Å²) in [6.45, 7) is 7.54. The van der Waals surface area contributed by atoms with Gasteiger partial charge >= 0.3 is 6.09 Å². The van der Waals surface area contributed by atoms with Crippen molar-refractivity contribution >= 4 is 15.9 Å². The molecule has 0 spiro atoms. The lowest BCUT2D eigenvalue weighted by Crippen LogP contribution is -2.36. The number of allylic oxidation sites excluding steroid dienone is 2. The van der Waals surface area contributed by atoms with E-state index in [4.69, 9.17) is 9.47 Å². The zero-order chi connectivity index (χ0) is 23.0. The Hall–Kier alpha value is -2.43. The van der Waals surface area contributed by atoms with Crippen LogP contribution in [0.25, 0.3) is 0 Å². The van der Waals surface area contributed by atoms with Crippen molar-refractivity contribution in [2.24, 2.45) is 11.8 Å². The van der Waals surface area contributed by atoms with Gasteiger partial charge in [0.05, 0.1) is 31.4 Å². The largest absolute Gasteiger partial charge is 0.500 e. The number of aryl methyl sites for hydroxylation is 1. The average Bonchev–Trinajstić information content (AvgIpc) is 3.26. The number of hydrogen-bond acceptors (Lipinski definition) is 8. The van der Waals surface area contributed by atoms with Crippen molar-refractivity contribution in [2.45, 2.75) is 58.7 Å². The van der Waals surface area contributed by atoms with E-state index in [-0.39, 0.29) is 24.1 Å². The van der Waals surface area contributed by atoms with Crippen LogP contribution in [-0.2, 0) is 25.9 Å². The van der Waals surface area contributed by atoms with Crippen LogP contribution in [-0.4, -0.2) is 59.4 Å². The summed E-state index contributed by atoms with van der Waals surface area (Å²) in [6.07, 6.45) is 4.17. The summed E-state index contributed by atoms with van der Waals surface area (Å²) in [7, 11) is -1.46. The van der Waals surface area contributed by atoms with Crippen molar-refractivity contribution in [3.63, 3.8) is 0 Å². The maximum absolute atomic E-state index is 12.5. The monoisotopic (exact) mass is 453 g/mol. The molecule has 1 heterocycles. The van der Waals surface area contributed by atoms with Crippen molar-refractivity contribution in [3.8, 4) is 0 Å². The van der Waals surface area contributed by atoms with E-state index in [0.29, 0.717) is 12.2 Å². The van der Waals surface area contributed by atoms with Crippen molar-refractivity contribution in [3.05, 3.63) is 28.8 Å². The topological polar surface area (TPSA) is 125 Å². The summed E-state index contributed by atoms with van der Waals surface area (Å²) >= 11 is 0. The van der Waals surface area contributed by atoms with Crippen LogP contribution in [0.2, 0.25) is 0 Å². The lowest BCUT2D eigenvalue weighted by atomic mass is 9.84. The number of carbonyl (C=O) groups is 1. The third-order valence-corrected chi connectivity index (χ3v) is 6.13. The first-order valence-corrected chi connectivity index (χ1v) is 12.3. The highest BCUT2D eigenvalue weighted by Crippen LogP contribution is 2.51. The number of hydrogen-bond donors (Lipinski definition) is 1. The zero-order valence-corrected chi connectivity index (χ0v) is 19.7. The number of ether oxygens (including phenoxy) is 2. The van der Waals surface area contributed by atoms with E-state index in [2.05, 4.69) is 33.7 Å². The number of carbonyl (C=O) groups excluding carboxylic acids is 1. The highest BCUT2D eigenvalue weighted by Gasteiger charge is 2.42. The molecule has 3 rings (SSSR count). The Morgan fingerprint density at radius 3 is 2.71 bits per heavy atom. The Bertz CT molecular complexity index is 1010. The number of alkyl carbamates (subject to hydrolysis) is 1. The van der Waals surface area contributed by atoms with Crippen LogP contribution in [0, 0.1) is 11.8 Å². The van der Waals surface area contributed by atoms with Crippen LogP contribution < -0.4 is 5.32 Å². The van der Waals surface area contributed by atoms with Gasteiger partial charge in [-0.25, -0.2) is 13.2 Å². The fourth-order valence-corrected chi connectivity index (χ4v) is 4.33. The van der Waals surface area contributed by atoms with E-state index in [1.165, 1.54) is 15.9 Å². The van der Waals surface area contributed by atoms with Crippen molar-refractivity contribution < 1.29 is 22.7 Å². The van der Waals surface area contributed by atoms with Gasteiger partial charge in [-0.1, -0.05) is 11.6 Å². The normalized spacial score (nSPS) is 21.8. The summed E-state index contributed by atoms with van der Waals surface area (Å²) in [5.74, 6) is 1.70. The molecular weight excluding hydrogens is 422 g/mol. The van der Waals surface area contributed by atoms with Gasteiger partial charge in [0.25, 0.3) is 0 Å². The minimum Gasteiger partial charge on any atom is -0.500 e. The number of fused-ring (bicyclic) bond motifs is 1. The second-order valence-corrected chi connectivity index (χ2v) is 11.5. The van der Waals surface area contributed by atoms with Gasteiger partial charge in [0.15, 0.2) is 5.82 Å². The van der Waals surface area contributed by atoms with Crippen LogP contribution in [0.3, 0.4) is 0 Å². The maximum Gasteiger partial charge on any atom is 0.408 e. The standard InChI is InChI=1S/C20H31N5O5S/c1-12-9-13(14-11-15(14)17(12)29-5)10-16(21-19(26)30-20(2,3)4)18-22-24-25(23-18)7-8-31(6,27)28/h11,13,15-16H,7-10H2,1-6H3,(H,21,26)/t13?,15-,16+/m1/s1. The van der Waals surface area contributed by atoms with Crippen LogP contribution >= 0.6 is 0 Å². The molecule has 0 radical (unpaired) electrons. The molecule has 1 aromatic heterocycles. The number of nitrogens with zero attached hydrogens (tertiary/aromatic N) is 4. The zero-order valence-electron chi connectivity index (χ0n) is 18.9. The highest BCUT2D eigenvalue weighted by molar-refractivity contribution is 7.90. The van der Waals surface area contributed by atoms with Crippen molar-refractivity contribution in [2.75, 3.05) is 19.1 Å². The molecule has 0 saturated carbocycles. The predicted octanol–water partition coefficient (Wildman–Crippen LogP) is 2.17. The molecule has 1 unspecified atom stereocenters. The third-order valence-electron chi connectivity index (χ3n) is 5.21. The van der Waals surface area contributed by atoms with Gasteiger partial charge in [-0.3, -0.25) is 0 Å². The fraction of sp³-hybridized carbons (Fsp3) is 0.700. The first-order chi connectivity index (χ1) is 14.4. The van der Waals surface area contributed by atoms with Crippen LogP contribution in [0.5, 0.6) is 0 Å². The van der Waals surface area contributed by atoms with E-state index >= 15 is 0 Å². The Morgan fingerprint density at radius 2 is 2.10 bits per heavy atom. The number of tetrazole rings is 1. The van der Waals surface area contributed by atoms with Gasteiger partial charge in [0, 0.05) is 6.26 Å². The van der Waals surface area contributed by atoms with E-state index in [1.54, 1.807) is 27.9 Å². The molecule has 0 fully saturated rings. The van der Waals surface area contributed by atoms with Gasteiger partial charge < -0.3 is 14.8 Å². The molecule has 11 heteroatoms. The van der Waals surface area contributed by atoms with E-state index in [1.807, 2.05) is 0 Å². The number of nitrogens with one attached hydrogen (secondary N) is 1. The first kappa shape index (κ1) is 23.2. The van der Waals surface area contributed by atoms with Crippen molar-refractivity contribution in [1.82, 2.24) is 25.5 Å². The molecule has 3 atom stereocenters. The minimum atomic E-state index is -3.15. The lowest BCUT2D eigenvalue weighted by molar-refractivity contribution is 0.0494. The number of sulfone groups is 1. The predicted molar refractivity (Wildman–Crippen MR) is 114 cm³/mol. The molecule has 2 aliphatic rings. The Morgan fingerprint density at radius 1 is 1.39 bits per heavy atom. The summed E-state index contributed by atoms with van der Waals surface area (Å²) in [4.78, 5) is 13.7. The molecular formula is C20H31N5O5S. The molecule has 0 saturated heterocycles. The Kier molecular flexibility index (Phi) is 6.45. The Balaban J connectivity index is 1.76. The summed E-state index contributed by atoms with van der Waals surface area (Å²) in [5, 5.41) is 15.2. The summed E-state index contributed by atoms with van der Waals surface area (Å²) in [6, 6.07) is -0.522. The quantitative estimate of drug-likeness (QED) is 0.594. The lowest BCUT2D eigenvalue weighted by Gasteiger charge is -2.27. The first-order valence-electron chi connectivity index (χ1n) is 10.3. The maximum atomic E-state index is 12.5. The SMILES string of the molecule is COC1=C(C)CC(C[C@H](NC(=O)OC(C)(C)C)c2nnn(CCS(C)(=O)=O)n2)C2=C[C@H]21. The van der Waals surface area contributed by atoms with Crippen LogP contribution in [0.4, 0.5) is 4.79 Å². The summed E-state index contributed by atoms with van der Waals surface area (Å²) in [5.41, 5.74) is 1.84. The van der Waals surface area contributed by atoms with Gasteiger partial charge in [0.2, 0.25) is 0 Å². The minimum absolute atomic E-state index is 0.0893. The van der Waals surface area contributed by atoms with E-state index in [9.17, 15) is 13.2 Å². The average molecular weight is 454 g/mol.